The fraction of sp³-hybridized carbons (Fsp3) is 0.500. The number of piperazine rings is 1. The minimum atomic E-state index is -0.934. The topological polar surface area (TPSA) is 143 Å². The Bertz CT molecular complexity index is 1420. The zero-order valence-electron chi connectivity index (χ0n) is 22.6. The van der Waals surface area contributed by atoms with E-state index in [1.807, 2.05) is 4.90 Å². The van der Waals surface area contributed by atoms with Crippen molar-refractivity contribution in [1.82, 2.24) is 9.80 Å². The number of carbonyl (C=O) groups is 5. The molecule has 39 heavy (non-hydrogen) atoms. The summed E-state index contributed by atoms with van der Waals surface area (Å²) < 4.78 is 16.0. The molecule has 2 bridgehead atoms. The number of allylic oxidation sites excluding steroid dienone is 4. The molecule has 1 fully saturated rings. The Labute approximate surface area is 225 Å². The number of rotatable bonds is 4. The van der Waals surface area contributed by atoms with E-state index in [-0.39, 0.29) is 70.4 Å². The standard InChI is InChI=1S/C28H29N3O8/c1-11-23(33)14-8-17-22-21-15(24(34)12(2)28(38-6)26(21)36)7-16(30(22)4)18(9-29)31(17)19(10-39-13(3)32)20(14)25(35)27(11)37-5/h16-19,22H,7-8,10H2,1-6H3/t16-,17+,18+,19+,22-/m1/s1. The number of likely N-dealkylation sites (N-methyl/N-ethyl adjacent to an activating group) is 1. The first-order valence-corrected chi connectivity index (χ1v) is 12.7. The lowest BCUT2D eigenvalue weighted by Gasteiger charge is -2.60. The summed E-state index contributed by atoms with van der Waals surface area (Å²) in [4.78, 5) is 69.9. The van der Waals surface area contributed by atoms with Gasteiger partial charge in [-0.05, 0) is 33.7 Å². The highest BCUT2D eigenvalue weighted by atomic mass is 16.5. The molecule has 11 heteroatoms. The Morgan fingerprint density at radius 2 is 1.41 bits per heavy atom. The van der Waals surface area contributed by atoms with Gasteiger partial charge in [-0.1, -0.05) is 0 Å². The number of carbonyl (C=O) groups excluding carboxylic acids is 5. The Morgan fingerprint density at radius 1 is 0.897 bits per heavy atom. The van der Waals surface area contributed by atoms with Gasteiger partial charge in [-0.15, -0.1) is 0 Å². The van der Waals surface area contributed by atoms with Crippen molar-refractivity contribution in [1.29, 1.82) is 5.26 Å². The van der Waals surface area contributed by atoms with Crippen LogP contribution in [0.15, 0.2) is 45.0 Å². The number of hydrogen-bond donors (Lipinski definition) is 0. The van der Waals surface area contributed by atoms with Gasteiger partial charge in [0.2, 0.25) is 11.6 Å². The third kappa shape index (κ3) is 3.58. The highest BCUT2D eigenvalue weighted by Crippen LogP contribution is 2.49. The van der Waals surface area contributed by atoms with Crippen molar-refractivity contribution >= 4 is 29.1 Å². The van der Waals surface area contributed by atoms with E-state index in [9.17, 15) is 29.2 Å². The molecule has 2 aliphatic carbocycles. The van der Waals surface area contributed by atoms with Crippen LogP contribution in [0.25, 0.3) is 0 Å². The number of hydrogen-bond acceptors (Lipinski definition) is 11. The maximum absolute atomic E-state index is 13.7. The van der Waals surface area contributed by atoms with Crippen molar-refractivity contribution in [3.8, 4) is 6.07 Å². The van der Waals surface area contributed by atoms with E-state index in [4.69, 9.17) is 14.2 Å². The fourth-order valence-electron chi connectivity index (χ4n) is 6.97. The molecule has 5 rings (SSSR count). The van der Waals surface area contributed by atoms with Crippen LogP contribution in [0, 0.1) is 11.3 Å². The van der Waals surface area contributed by atoms with E-state index in [1.54, 1.807) is 18.9 Å². The summed E-state index contributed by atoms with van der Waals surface area (Å²) in [6.07, 6.45) is 0.193. The average Bonchev–Trinajstić information content (AvgIpc) is 2.89. The quantitative estimate of drug-likeness (QED) is 0.371. The van der Waals surface area contributed by atoms with Crippen LogP contribution >= 0.6 is 0 Å². The van der Waals surface area contributed by atoms with Crippen LogP contribution in [0.5, 0.6) is 0 Å². The summed E-state index contributed by atoms with van der Waals surface area (Å²) in [5, 5.41) is 10.4. The van der Waals surface area contributed by atoms with Gasteiger partial charge < -0.3 is 14.2 Å². The van der Waals surface area contributed by atoms with Gasteiger partial charge in [-0.2, -0.15) is 5.26 Å². The van der Waals surface area contributed by atoms with Crippen molar-refractivity contribution in [3.05, 3.63) is 45.0 Å². The molecule has 0 spiro atoms. The third-order valence-electron chi connectivity index (χ3n) is 8.66. The highest BCUT2D eigenvalue weighted by Gasteiger charge is 2.60. The summed E-state index contributed by atoms with van der Waals surface area (Å²) in [5.74, 6) is -2.28. The lowest BCUT2D eigenvalue weighted by molar-refractivity contribution is -0.145. The van der Waals surface area contributed by atoms with Crippen molar-refractivity contribution in [2.45, 2.75) is 63.8 Å². The normalized spacial score (nSPS) is 31.2. The molecule has 3 aliphatic heterocycles. The van der Waals surface area contributed by atoms with Crippen LogP contribution < -0.4 is 0 Å². The number of nitriles is 1. The summed E-state index contributed by atoms with van der Waals surface area (Å²) in [6.45, 7) is 4.02. The van der Waals surface area contributed by atoms with Gasteiger partial charge in [-0.3, -0.25) is 33.8 Å². The largest absolute Gasteiger partial charge is 0.492 e. The molecule has 0 aromatic heterocycles. The molecule has 11 nitrogen and oxygen atoms in total. The number of esters is 1. The predicted molar refractivity (Wildman–Crippen MR) is 134 cm³/mol. The van der Waals surface area contributed by atoms with Gasteiger partial charge in [-0.25, -0.2) is 0 Å². The highest BCUT2D eigenvalue weighted by molar-refractivity contribution is 6.26. The molecule has 5 aliphatic rings. The molecule has 0 radical (unpaired) electrons. The molecule has 0 amide bonds. The van der Waals surface area contributed by atoms with Gasteiger partial charge in [0, 0.05) is 52.4 Å². The second-order valence-electron chi connectivity index (χ2n) is 10.4. The molecule has 0 aromatic carbocycles. The van der Waals surface area contributed by atoms with E-state index in [0.29, 0.717) is 5.57 Å². The van der Waals surface area contributed by atoms with Crippen LogP contribution in [-0.4, -0.2) is 97.0 Å². The Kier molecular flexibility index (Phi) is 6.44. The third-order valence-corrected chi connectivity index (χ3v) is 8.66. The summed E-state index contributed by atoms with van der Waals surface area (Å²) in [7, 11) is 4.44. The number of fused-ring (bicyclic) bond motifs is 5. The molecule has 0 unspecified atom stereocenters. The van der Waals surface area contributed by atoms with Crippen LogP contribution in [-0.2, 0) is 38.2 Å². The maximum atomic E-state index is 13.7. The molecule has 0 saturated carbocycles. The smallest absolute Gasteiger partial charge is 0.302 e. The van der Waals surface area contributed by atoms with E-state index in [0.717, 1.165) is 0 Å². The summed E-state index contributed by atoms with van der Waals surface area (Å²) >= 11 is 0. The summed E-state index contributed by atoms with van der Waals surface area (Å²) in [6, 6.07) is -1.26. The molecule has 3 heterocycles. The van der Waals surface area contributed by atoms with Crippen LogP contribution in [0.2, 0.25) is 0 Å². The molecular formula is C28H29N3O8. The van der Waals surface area contributed by atoms with E-state index >= 15 is 0 Å². The number of ketones is 4. The average molecular weight is 536 g/mol. The summed E-state index contributed by atoms with van der Waals surface area (Å²) in [5.41, 5.74) is 1.38. The Balaban J connectivity index is 1.72. The van der Waals surface area contributed by atoms with Gasteiger partial charge in [0.1, 0.15) is 12.6 Å². The molecule has 5 atom stereocenters. The van der Waals surface area contributed by atoms with Gasteiger partial charge in [0.25, 0.3) is 0 Å². The zero-order chi connectivity index (χ0) is 28.5. The van der Waals surface area contributed by atoms with Crippen molar-refractivity contribution in [2.24, 2.45) is 0 Å². The van der Waals surface area contributed by atoms with Crippen molar-refractivity contribution < 1.29 is 38.2 Å². The Morgan fingerprint density at radius 3 is 1.92 bits per heavy atom. The van der Waals surface area contributed by atoms with Gasteiger partial charge in [0.15, 0.2) is 23.1 Å². The van der Waals surface area contributed by atoms with E-state index < -0.39 is 47.7 Å². The van der Waals surface area contributed by atoms with Gasteiger partial charge >= 0.3 is 5.97 Å². The fourth-order valence-corrected chi connectivity index (χ4v) is 6.97. The SMILES string of the molecule is COC1=C(C)C(=O)C2=C(C1=O)[C@H]1[C@@H]3CC4=C(C(=O)C(OC)=C(C)C4=O)[C@H](COC(C)=O)N3[C@@H](C#N)[C@@H](C2)N1C. The second kappa shape index (κ2) is 9.39. The number of ether oxygens (including phenoxy) is 3. The van der Waals surface area contributed by atoms with Crippen molar-refractivity contribution in [3.63, 3.8) is 0 Å². The van der Waals surface area contributed by atoms with Gasteiger partial charge in [0.05, 0.1) is 32.4 Å². The second-order valence-corrected chi connectivity index (χ2v) is 10.4. The predicted octanol–water partition coefficient (Wildman–Crippen LogP) is 0.708. The first-order valence-electron chi connectivity index (χ1n) is 12.7. The lowest BCUT2D eigenvalue weighted by Crippen LogP contribution is -2.74. The molecular weight excluding hydrogens is 506 g/mol. The van der Waals surface area contributed by atoms with Crippen LogP contribution in [0.1, 0.15) is 33.6 Å². The lowest BCUT2D eigenvalue weighted by atomic mass is 9.67. The zero-order valence-corrected chi connectivity index (χ0v) is 22.6. The van der Waals surface area contributed by atoms with Crippen LogP contribution in [0.3, 0.4) is 0 Å². The minimum absolute atomic E-state index is 0.0285. The van der Waals surface area contributed by atoms with E-state index in [2.05, 4.69) is 6.07 Å². The number of Topliss-reactive ketones (excluding diaryl/α,β-unsaturated/α-hetero) is 4. The number of methoxy groups -OCH3 is 2. The minimum Gasteiger partial charge on any atom is -0.492 e. The molecule has 0 aromatic rings. The van der Waals surface area contributed by atoms with Crippen LogP contribution in [0.4, 0.5) is 0 Å². The Hall–Kier alpha value is -3.88. The van der Waals surface area contributed by atoms with E-state index in [1.165, 1.54) is 28.1 Å². The molecule has 1 saturated heterocycles. The number of nitrogens with zero attached hydrogens (tertiary/aromatic N) is 3. The molecule has 204 valence electrons. The maximum Gasteiger partial charge on any atom is 0.302 e. The van der Waals surface area contributed by atoms with Crippen molar-refractivity contribution in [2.75, 3.05) is 27.9 Å². The molecule has 0 N–H and O–H groups in total. The monoisotopic (exact) mass is 535 g/mol. The first kappa shape index (κ1) is 26.7. The first-order chi connectivity index (χ1) is 18.5.